The molecule has 0 aromatic heterocycles. The Bertz CT molecular complexity index is 524. The zero-order valence-corrected chi connectivity index (χ0v) is 17.1. The molecule has 1 nitrogen and oxygen atoms in total. The lowest BCUT2D eigenvalue weighted by Crippen LogP contribution is -2.01. The zero-order valence-electron chi connectivity index (χ0n) is 17.1. The molecule has 0 atom stereocenters. The van der Waals surface area contributed by atoms with Gasteiger partial charge in [0, 0.05) is 5.92 Å². The van der Waals surface area contributed by atoms with Gasteiger partial charge in [-0.2, -0.15) is 0 Å². The van der Waals surface area contributed by atoms with Crippen molar-refractivity contribution >= 4 is 0 Å². The molecule has 1 heteroatoms. The van der Waals surface area contributed by atoms with Gasteiger partial charge in [0.25, 0.3) is 0 Å². The topological polar surface area (TPSA) is 26.0 Å². The molecule has 0 unspecified atom stereocenters. The first-order valence-electron chi connectivity index (χ1n) is 11.2. The molecular weight excluding hydrogens is 326 g/mol. The number of hydrogen-bond acceptors (Lipinski definition) is 1. The molecule has 0 bridgehead atoms. The molecule has 0 aliphatic rings. The highest BCUT2D eigenvalue weighted by molar-refractivity contribution is 5.32. The van der Waals surface area contributed by atoms with E-state index in [0.29, 0.717) is 5.92 Å². The highest BCUT2D eigenvalue weighted by Gasteiger charge is 2.13. The molecule has 2 aromatic rings. The fraction of sp³-hybridized carbons (Fsp3) is 0.538. The highest BCUT2D eigenvalue weighted by atomic mass is 14.5. The van der Waals surface area contributed by atoms with Crippen LogP contribution < -0.4 is 5.73 Å². The van der Waals surface area contributed by atoms with Gasteiger partial charge in [0.15, 0.2) is 0 Å². The largest absolute Gasteiger partial charge is 0.330 e. The summed E-state index contributed by atoms with van der Waals surface area (Å²) in [5, 5.41) is 0. The van der Waals surface area contributed by atoms with Gasteiger partial charge in [-0.3, -0.25) is 0 Å². The van der Waals surface area contributed by atoms with Crippen molar-refractivity contribution in [3.8, 4) is 0 Å². The van der Waals surface area contributed by atoms with Crippen LogP contribution in [0.25, 0.3) is 0 Å². The smallest absolute Gasteiger partial charge is 0.00893 e. The maximum absolute atomic E-state index is 5.53. The molecule has 2 N–H and O–H groups in total. The molecule has 0 spiro atoms. The lowest BCUT2D eigenvalue weighted by atomic mass is 9.87. The quantitative estimate of drug-likeness (QED) is 0.326. The monoisotopic (exact) mass is 365 g/mol. The summed E-state index contributed by atoms with van der Waals surface area (Å²) in [4.78, 5) is 0. The minimum absolute atomic E-state index is 0.543. The third-order valence-corrected chi connectivity index (χ3v) is 5.60. The zero-order chi connectivity index (χ0) is 19.0. The minimum atomic E-state index is 0.543. The molecule has 0 aliphatic carbocycles. The number of benzene rings is 2. The van der Waals surface area contributed by atoms with Gasteiger partial charge in [-0.1, -0.05) is 125 Å². The summed E-state index contributed by atoms with van der Waals surface area (Å²) in [5.41, 5.74) is 8.45. The van der Waals surface area contributed by atoms with Crippen molar-refractivity contribution in [2.75, 3.05) is 6.54 Å². The Morgan fingerprint density at radius 1 is 0.481 bits per heavy atom. The highest BCUT2D eigenvalue weighted by Crippen LogP contribution is 2.30. The van der Waals surface area contributed by atoms with Crippen LogP contribution in [0.4, 0.5) is 0 Å². The molecule has 2 aromatic carbocycles. The van der Waals surface area contributed by atoms with Crippen molar-refractivity contribution in [1.29, 1.82) is 0 Å². The van der Waals surface area contributed by atoms with Crippen LogP contribution >= 0.6 is 0 Å². The van der Waals surface area contributed by atoms with Crippen LogP contribution in [-0.2, 0) is 0 Å². The summed E-state index contributed by atoms with van der Waals surface area (Å²) in [6.45, 7) is 0.857. The van der Waals surface area contributed by atoms with Crippen LogP contribution in [0.2, 0.25) is 0 Å². The standard InChI is InChI=1S/C26H39N/c27-23-17-9-7-5-3-1-2-4-6-8-16-22-26(24-18-12-10-13-19-24)25-20-14-11-15-21-25/h10-15,18-21,26H,1-9,16-17,22-23,27H2. The first kappa shape index (κ1) is 21.7. The van der Waals surface area contributed by atoms with E-state index in [4.69, 9.17) is 5.73 Å². The van der Waals surface area contributed by atoms with Crippen molar-refractivity contribution < 1.29 is 0 Å². The minimum Gasteiger partial charge on any atom is -0.330 e. The Hall–Kier alpha value is -1.60. The van der Waals surface area contributed by atoms with Crippen molar-refractivity contribution in [2.24, 2.45) is 5.73 Å². The summed E-state index contributed by atoms with van der Waals surface area (Å²) in [6.07, 6.45) is 16.3. The van der Waals surface area contributed by atoms with Crippen molar-refractivity contribution in [3.63, 3.8) is 0 Å². The Morgan fingerprint density at radius 2 is 0.852 bits per heavy atom. The van der Waals surface area contributed by atoms with Crippen LogP contribution in [0.5, 0.6) is 0 Å². The van der Waals surface area contributed by atoms with E-state index in [9.17, 15) is 0 Å². The number of nitrogens with two attached hydrogens (primary N) is 1. The van der Waals surface area contributed by atoms with E-state index in [1.165, 1.54) is 88.2 Å². The Morgan fingerprint density at radius 3 is 1.26 bits per heavy atom. The molecule has 0 aliphatic heterocycles. The van der Waals surface area contributed by atoms with Gasteiger partial charge in [0.2, 0.25) is 0 Å². The molecule has 0 amide bonds. The van der Waals surface area contributed by atoms with E-state index in [1.807, 2.05) is 0 Å². The average molecular weight is 366 g/mol. The second-order valence-corrected chi connectivity index (χ2v) is 7.84. The van der Waals surface area contributed by atoms with E-state index < -0.39 is 0 Å². The molecule has 148 valence electrons. The van der Waals surface area contributed by atoms with Crippen molar-refractivity contribution in [3.05, 3.63) is 71.8 Å². The van der Waals surface area contributed by atoms with E-state index in [2.05, 4.69) is 60.7 Å². The number of hydrogen-bond donors (Lipinski definition) is 1. The lowest BCUT2D eigenvalue weighted by Gasteiger charge is -2.18. The SMILES string of the molecule is NCCCCCCCCCCCCCC(c1ccccc1)c1ccccc1. The summed E-state index contributed by atoms with van der Waals surface area (Å²) in [5.74, 6) is 0.543. The molecule has 27 heavy (non-hydrogen) atoms. The lowest BCUT2D eigenvalue weighted by molar-refractivity contribution is 0.534. The van der Waals surface area contributed by atoms with Gasteiger partial charge in [0.05, 0.1) is 0 Å². The Kier molecular flexibility index (Phi) is 11.6. The fourth-order valence-electron chi connectivity index (χ4n) is 3.98. The van der Waals surface area contributed by atoms with Gasteiger partial charge in [0.1, 0.15) is 0 Å². The molecule has 0 fully saturated rings. The maximum Gasteiger partial charge on any atom is 0.00893 e. The Labute approximate surface area is 167 Å². The first-order chi connectivity index (χ1) is 13.4. The second-order valence-electron chi connectivity index (χ2n) is 7.84. The van der Waals surface area contributed by atoms with E-state index in [-0.39, 0.29) is 0 Å². The molecule has 0 saturated heterocycles. The van der Waals surface area contributed by atoms with E-state index >= 15 is 0 Å². The summed E-state index contributed by atoms with van der Waals surface area (Å²) in [6, 6.07) is 22.0. The van der Waals surface area contributed by atoms with Crippen molar-refractivity contribution in [1.82, 2.24) is 0 Å². The third kappa shape index (κ3) is 9.24. The predicted octanol–water partition coefficient (Wildman–Crippen LogP) is 7.46. The molecule has 0 radical (unpaired) electrons. The molecule has 0 saturated carbocycles. The second kappa shape index (κ2) is 14.5. The molecule has 2 rings (SSSR count). The van der Waals surface area contributed by atoms with Crippen LogP contribution in [0, 0.1) is 0 Å². The maximum atomic E-state index is 5.53. The summed E-state index contributed by atoms with van der Waals surface area (Å²) in [7, 11) is 0. The van der Waals surface area contributed by atoms with Crippen LogP contribution in [0.1, 0.15) is 94.1 Å². The fourth-order valence-corrected chi connectivity index (χ4v) is 3.98. The Balaban J connectivity index is 1.60. The van der Waals surface area contributed by atoms with Gasteiger partial charge < -0.3 is 5.73 Å². The molecular formula is C26H39N. The van der Waals surface area contributed by atoms with Gasteiger partial charge in [-0.15, -0.1) is 0 Å². The predicted molar refractivity (Wildman–Crippen MR) is 119 cm³/mol. The third-order valence-electron chi connectivity index (χ3n) is 5.60. The van der Waals surface area contributed by atoms with Gasteiger partial charge >= 0.3 is 0 Å². The first-order valence-corrected chi connectivity index (χ1v) is 11.2. The van der Waals surface area contributed by atoms with Crippen molar-refractivity contribution in [2.45, 2.75) is 83.0 Å². The number of rotatable bonds is 15. The normalized spacial score (nSPS) is 11.2. The summed E-state index contributed by atoms with van der Waals surface area (Å²) >= 11 is 0. The van der Waals surface area contributed by atoms with Crippen LogP contribution in [0.15, 0.2) is 60.7 Å². The average Bonchev–Trinajstić information content (AvgIpc) is 2.73. The molecule has 0 heterocycles. The summed E-state index contributed by atoms with van der Waals surface area (Å²) < 4.78 is 0. The number of unbranched alkanes of at least 4 members (excludes halogenated alkanes) is 10. The van der Waals surface area contributed by atoms with Gasteiger partial charge in [-0.25, -0.2) is 0 Å². The van der Waals surface area contributed by atoms with E-state index in [1.54, 1.807) is 0 Å². The van der Waals surface area contributed by atoms with Crippen LogP contribution in [-0.4, -0.2) is 6.54 Å². The van der Waals surface area contributed by atoms with Gasteiger partial charge in [-0.05, 0) is 30.5 Å². The van der Waals surface area contributed by atoms with Crippen LogP contribution in [0.3, 0.4) is 0 Å². The van der Waals surface area contributed by atoms with E-state index in [0.717, 1.165) is 6.54 Å².